The summed E-state index contributed by atoms with van der Waals surface area (Å²) in [6.45, 7) is 5.77. The molecule has 0 unspecified atom stereocenters. The highest BCUT2D eigenvalue weighted by molar-refractivity contribution is 6.41. The molecule has 1 fully saturated rings. The van der Waals surface area contributed by atoms with Gasteiger partial charge in [-0.25, -0.2) is 0 Å². The van der Waals surface area contributed by atoms with Gasteiger partial charge < -0.3 is 9.80 Å². The Bertz CT molecular complexity index is 817. The second-order valence-corrected chi connectivity index (χ2v) is 9.01. The maximum absolute atomic E-state index is 13.4. The number of carbonyl (C=O) groups is 2. The second-order valence-electron chi connectivity index (χ2n) is 8.17. The highest BCUT2D eigenvalue weighted by Gasteiger charge is 2.42. The zero-order valence-electron chi connectivity index (χ0n) is 17.9. The third kappa shape index (κ3) is 5.19. The summed E-state index contributed by atoms with van der Waals surface area (Å²) in [4.78, 5) is 32.4. The molecule has 7 heteroatoms. The van der Waals surface area contributed by atoms with E-state index in [9.17, 15) is 9.59 Å². The van der Waals surface area contributed by atoms with Crippen molar-refractivity contribution in [3.63, 3.8) is 0 Å². The molecule has 0 radical (unpaired) electrons. The molecule has 0 N–H and O–H groups in total. The van der Waals surface area contributed by atoms with E-state index >= 15 is 0 Å². The molecule has 1 saturated heterocycles. The van der Waals surface area contributed by atoms with Crippen molar-refractivity contribution in [2.75, 3.05) is 39.8 Å². The Kier molecular flexibility index (Phi) is 8.20. The quantitative estimate of drug-likeness (QED) is 0.403. The van der Waals surface area contributed by atoms with Crippen molar-refractivity contribution in [3.8, 4) is 0 Å². The summed E-state index contributed by atoms with van der Waals surface area (Å²) in [5.74, 6) is -0.439. The molecular weight excluding hydrogens is 421 g/mol. The maximum atomic E-state index is 13.4. The fraction of sp³-hybridized carbons (Fsp3) is 0.565. The van der Waals surface area contributed by atoms with Crippen molar-refractivity contribution < 1.29 is 9.59 Å². The monoisotopic (exact) mass is 451 g/mol. The third-order valence-electron chi connectivity index (χ3n) is 5.90. The maximum Gasteiger partial charge on any atom is 0.277 e. The van der Waals surface area contributed by atoms with Gasteiger partial charge in [-0.1, -0.05) is 68.3 Å². The number of carbonyl (C=O) groups excluding carboxylic acids is 2. The fourth-order valence-electron chi connectivity index (χ4n) is 4.07. The molecule has 0 saturated carbocycles. The molecule has 2 amide bonds. The average Bonchev–Trinajstić information content (AvgIpc) is 2.96. The largest absolute Gasteiger partial charge is 0.364 e. The van der Waals surface area contributed by atoms with Crippen LogP contribution >= 0.6 is 23.2 Å². The van der Waals surface area contributed by atoms with Gasteiger partial charge in [0.15, 0.2) is 0 Å². The number of rotatable bonds is 9. The molecule has 1 aromatic carbocycles. The minimum Gasteiger partial charge on any atom is -0.364 e. The zero-order chi connectivity index (χ0) is 21.7. The van der Waals surface area contributed by atoms with Gasteiger partial charge in [0.2, 0.25) is 0 Å². The molecule has 2 heterocycles. The van der Waals surface area contributed by atoms with Crippen molar-refractivity contribution >= 4 is 40.6 Å². The Balaban J connectivity index is 1.83. The van der Waals surface area contributed by atoms with Crippen molar-refractivity contribution in [3.05, 3.63) is 39.5 Å². The topological polar surface area (TPSA) is 43.9 Å². The van der Waals surface area contributed by atoms with Crippen LogP contribution in [-0.2, 0) is 9.59 Å². The predicted molar refractivity (Wildman–Crippen MR) is 123 cm³/mol. The van der Waals surface area contributed by atoms with Crippen LogP contribution in [0, 0.1) is 0 Å². The molecule has 2 aliphatic rings. The molecule has 2 aliphatic heterocycles. The van der Waals surface area contributed by atoms with Gasteiger partial charge in [0.25, 0.3) is 11.8 Å². The van der Waals surface area contributed by atoms with Crippen molar-refractivity contribution in [1.82, 2.24) is 14.7 Å². The Morgan fingerprint density at radius 2 is 1.57 bits per heavy atom. The number of halogens is 2. The Morgan fingerprint density at radius 1 is 0.900 bits per heavy atom. The number of nitrogens with zero attached hydrogens (tertiary/aromatic N) is 3. The number of imide groups is 1. The first-order chi connectivity index (χ1) is 14.4. The first-order valence-corrected chi connectivity index (χ1v) is 11.7. The lowest BCUT2D eigenvalue weighted by atomic mass is 10.0. The van der Waals surface area contributed by atoms with Crippen molar-refractivity contribution in [2.45, 2.75) is 45.4 Å². The number of piperazine rings is 1. The number of amides is 2. The SMILES string of the molecule is CCCCCCCCN1C(=O)C(c2ccc(Cl)cc2Cl)=C(N2CCN(C)CC2)C1=O. The van der Waals surface area contributed by atoms with E-state index in [0.29, 0.717) is 46.5 Å². The molecule has 0 bridgehead atoms. The van der Waals surface area contributed by atoms with Gasteiger partial charge in [-0.3, -0.25) is 14.5 Å². The lowest BCUT2D eigenvalue weighted by Crippen LogP contribution is -2.46. The third-order valence-corrected chi connectivity index (χ3v) is 6.45. The van der Waals surface area contributed by atoms with Crippen molar-refractivity contribution in [1.29, 1.82) is 0 Å². The molecule has 0 aromatic heterocycles. The minimum absolute atomic E-state index is 0.195. The summed E-state index contributed by atoms with van der Waals surface area (Å²) in [5, 5.41) is 0.901. The number of unbranched alkanes of at least 4 members (excludes halogenated alkanes) is 5. The van der Waals surface area contributed by atoms with Crippen LogP contribution in [0.25, 0.3) is 5.57 Å². The van der Waals surface area contributed by atoms with Gasteiger partial charge in [0, 0.05) is 43.3 Å². The molecule has 164 valence electrons. The molecule has 3 rings (SSSR count). The van der Waals surface area contributed by atoms with E-state index in [1.165, 1.54) is 24.2 Å². The molecule has 0 atom stereocenters. The van der Waals surface area contributed by atoms with E-state index in [1.54, 1.807) is 18.2 Å². The molecule has 30 heavy (non-hydrogen) atoms. The lowest BCUT2D eigenvalue weighted by molar-refractivity contribution is -0.137. The number of hydrogen-bond acceptors (Lipinski definition) is 4. The molecular formula is C23H31Cl2N3O2. The van der Waals surface area contributed by atoms with Crippen LogP contribution < -0.4 is 0 Å². The highest BCUT2D eigenvalue weighted by atomic mass is 35.5. The number of benzene rings is 1. The number of likely N-dealkylation sites (N-methyl/N-ethyl adjacent to an activating group) is 1. The summed E-state index contributed by atoms with van der Waals surface area (Å²) < 4.78 is 0. The zero-order valence-corrected chi connectivity index (χ0v) is 19.4. The second kappa shape index (κ2) is 10.7. The van der Waals surface area contributed by atoms with Crippen LogP contribution in [0.3, 0.4) is 0 Å². The van der Waals surface area contributed by atoms with E-state index in [1.807, 2.05) is 4.90 Å². The predicted octanol–water partition coefficient (Wildman–Crippen LogP) is 4.68. The van der Waals surface area contributed by atoms with Crippen LogP contribution in [0.4, 0.5) is 0 Å². The van der Waals surface area contributed by atoms with Crippen LogP contribution in [0.2, 0.25) is 10.0 Å². The van der Waals surface area contributed by atoms with Crippen LogP contribution in [-0.4, -0.2) is 66.3 Å². The van der Waals surface area contributed by atoms with Gasteiger partial charge in [0.1, 0.15) is 5.70 Å². The average molecular weight is 452 g/mol. The van der Waals surface area contributed by atoms with Gasteiger partial charge in [-0.15, -0.1) is 0 Å². The summed E-state index contributed by atoms with van der Waals surface area (Å²) in [5.41, 5.74) is 1.49. The summed E-state index contributed by atoms with van der Waals surface area (Å²) in [6.07, 6.45) is 6.63. The first-order valence-electron chi connectivity index (χ1n) is 10.9. The first kappa shape index (κ1) is 23.1. The summed E-state index contributed by atoms with van der Waals surface area (Å²) in [7, 11) is 2.06. The Labute approximate surface area is 189 Å². The van der Waals surface area contributed by atoms with Crippen LogP contribution in [0.15, 0.2) is 23.9 Å². The molecule has 5 nitrogen and oxygen atoms in total. The molecule has 0 aliphatic carbocycles. The smallest absolute Gasteiger partial charge is 0.277 e. The summed E-state index contributed by atoms with van der Waals surface area (Å²) >= 11 is 12.5. The standard InChI is InChI=1S/C23H31Cl2N3O2/c1-3-4-5-6-7-8-11-28-22(29)20(18-10-9-17(24)16-19(18)25)21(23(28)30)27-14-12-26(2)13-15-27/h9-10,16H,3-8,11-15H2,1-2H3. The van der Waals surface area contributed by atoms with Gasteiger partial charge in [0.05, 0.1) is 10.6 Å². The van der Waals surface area contributed by atoms with E-state index in [-0.39, 0.29) is 11.8 Å². The van der Waals surface area contributed by atoms with Crippen LogP contribution in [0.5, 0.6) is 0 Å². The Hall–Kier alpha value is -1.56. The van der Waals surface area contributed by atoms with Gasteiger partial charge >= 0.3 is 0 Å². The van der Waals surface area contributed by atoms with E-state index < -0.39 is 0 Å². The minimum atomic E-state index is -0.244. The normalized spacial score (nSPS) is 18.1. The fourth-order valence-corrected chi connectivity index (χ4v) is 4.58. The highest BCUT2D eigenvalue weighted by Crippen LogP contribution is 2.36. The molecule has 1 aromatic rings. The molecule has 0 spiro atoms. The van der Waals surface area contributed by atoms with E-state index in [2.05, 4.69) is 18.9 Å². The van der Waals surface area contributed by atoms with Crippen molar-refractivity contribution in [2.24, 2.45) is 0 Å². The summed E-state index contributed by atoms with van der Waals surface area (Å²) in [6, 6.07) is 5.09. The van der Waals surface area contributed by atoms with E-state index in [0.717, 1.165) is 32.4 Å². The van der Waals surface area contributed by atoms with Crippen LogP contribution in [0.1, 0.15) is 51.0 Å². The van der Waals surface area contributed by atoms with Gasteiger partial charge in [-0.2, -0.15) is 0 Å². The van der Waals surface area contributed by atoms with Gasteiger partial charge in [-0.05, 0) is 25.6 Å². The Morgan fingerprint density at radius 3 is 2.23 bits per heavy atom. The van der Waals surface area contributed by atoms with E-state index in [4.69, 9.17) is 23.2 Å². The lowest BCUT2D eigenvalue weighted by Gasteiger charge is -2.34. The number of hydrogen-bond donors (Lipinski definition) is 0.